The van der Waals surface area contributed by atoms with Crippen LogP contribution in [0.25, 0.3) is 0 Å². The molecule has 0 fully saturated rings. The van der Waals surface area contributed by atoms with E-state index in [-0.39, 0.29) is 11.6 Å². The first kappa shape index (κ1) is 11.9. The van der Waals surface area contributed by atoms with Crippen LogP contribution < -0.4 is 4.74 Å². The van der Waals surface area contributed by atoms with Gasteiger partial charge in [0.25, 0.3) is 0 Å². The van der Waals surface area contributed by atoms with Gasteiger partial charge >= 0.3 is 0 Å². The molecule has 88 valence electrons. The van der Waals surface area contributed by atoms with Gasteiger partial charge in [-0.25, -0.2) is 4.39 Å². The fourth-order valence-electron chi connectivity index (χ4n) is 1.53. The van der Waals surface area contributed by atoms with E-state index in [1.165, 1.54) is 6.07 Å². The highest BCUT2D eigenvalue weighted by Gasteiger charge is 2.06. The minimum absolute atomic E-state index is 0.126. The van der Waals surface area contributed by atoms with Gasteiger partial charge in [0.2, 0.25) is 0 Å². The molecule has 0 N–H and O–H groups in total. The third-order valence-electron chi connectivity index (χ3n) is 2.51. The molecule has 0 aliphatic heterocycles. The van der Waals surface area contributed by atoms with Gasteiger partial charge in [0.05, 0.1) is 5.02 Å². The molecule has 17 heavy (non-hydrogen) atoms. The normalized spacial score (nSPS) is 10.3. The van der Waals surface area contributed by atoms with Gasteiger partial charge in [0.15, 0.2) is 0 Å². The number of hydrogen-bond donors (Lipinski definition) is 0. The Kier molecular flexibility index (Phi) is 3.64. The smallest absolute Gasteiger partial charge is 0.142 e. The summed E-state index contributed by atoms with van der Waals surface area (Å²) in [7, 11) is 0. The summed E-state index contributed by atoms with van der Waals surface area (Å²) in [5.41, 5.74) is 1.69. The van der Waals surface area contributed by atoms with Gasteiger partial charge in [-0.05, 0) is 24.6 Å². The lowest BCUT2D eigenvalue weighted by Crippen LogP contribution is -1.98. The number of rotatable bonds is 3. The van der Waals surface area contributed by atoms with E-state index in [0.29, 0.717) is 5.56 Å². The third kappa shape index (κ3) is 2.77. The van der Waals surface area contributed by atoms with E-state index in [2.05, 4.69) is 0 Å². The Bertz CT molecular complexity index is 525. The number of ether oxygens (including phenoxy) is 1. The molecule has 0 saturated carbocycles. The van der Waals surface area contributed by atoms with Gasteiger partial charge in [-0.2, -0.15) is 0 Å². The zero-order valence-corrected chi connectivity index (χ0v) is 10.2. The van der Waals surface area contributed by atoms with Gasteiger partial charge in [0.1, 0.15) is 18.2 Å². The van der Waals surface area contributed by atoms with E-state index < -0.39 is 5.82 Å². The van der Waals surface area contributed by atoms with Gasteiger partial charge < -0.3 is 4.74 Å². The molecule has 0 unspecified atom stereocenters. The van der Waals surface area contributed by atoms with Crippen molar-refractivity contribution in [2.24, 2.45) is 0 Å². The van der Waals surface area contributed by atoms with E-state index in [0.717, 1.165) is 11.3 Å². The van der Waals surface area contributed by atoms with Crippen LogP contribution in [0.4, 0.5) is 4.39 Å². The van der Waals surface area contributed by atoms with Crippen LogP contribution in [0.1, 0.15) is 11.1 Å². The Balaban J connectivity index is 2.13. The number of para-hydroxylation sites is 1. The Hall–Kier alpha value is -1.54. The Morgan fingerprint density at radius 2 is 1.88 bits per heavy atom. The number of aryl methyl sites for hydroxylation is 1. The first-order valence-corrected chi connectivity index (χ1v) is 5.67. The molecule has 0 spiro atoms. The molecule has 0 amide bonds. The summed E-state index contributed by atoms with van der Waals surface area (Å²) in [5.74, 6) is 0.366. The van der Waals surface area contributed by atoms with Crippen molar-refractivity contribution in [2.45, 2.75) is 13.5 Å². The molecule has 0 saturated heterocycles. The molecule has 0 aromatic heterocycles. The van der Waals surface area contributed by atoms with Crippen LogP contribution in [-0.2, 0) is 6.61 Å². The minimum Gasteiger partial charge on any atom is -0.489 e. The average molecular weight is 251 g/mol. The summed E-state index contributed by atoms with van der Waals surface area (Å²) in [6.07, 6.45) is 0. The van der Waals surface area contributed by atoms with Crippen molar-refractivity contribution < 1.29 is 9.13 Å². The predicted molar refractivity (Wildman–Crippen MR) is 66.9 cm³/mol. The van der Waals surface area contributed by atoms with Gasteiger partial charge in [-0.15, -0.1) is 0 Å². The van der Waals surface area contributed by atoms with E-state index in [1.54, 1.807) is 12.1 Å². The van der Waals surface area contributed by atoms with Crippen LogP contribution in [0.15, 0.2) is 42.5 Å². The number of hydrogen-bond acceptors (Lipinski definition) is 1. The highest BCUT2D eigenvalue weighted by molar-refractivity contribution is 6.31. The first-order valence-electron chi connectivity index (χ1n) is 5.30. The highest BCUT2D eigenvalue weighted by Crippen LogP contribution is 2.23. The molecule has 0 atom stereocenters. The topological polar surface area (TPSA) is 9.23 Å². The maximum absolute atomic E-state index is 13.2. The van der Waals surface area contributed by atoms with Crippen molar-refractivity contribution in [1.82, 2.24) is 0 Å². The highest BCUT2D eigenvalue weighted by atomic mass is 35.5. The van der Waals surface area contributed by atoms with E-state index in [1.807, 2.05) is 31.2 Å². The molecule has 0 heterocycles. The SMILES string of the molecule is Cc1ccccc1OCc1cccc(F)c1Cl. The van der Waals surface area contributed by atoms with Crippen molar-refractivity contribution in [3.05, 3.63) is 64.4 Å². The summed E-state index contributed by atoms with van der Waals surface area (Å²) in [6.45, 7) is 2.23. The zero-order chi connectivity index (χ0) is 12.3. The van der Waals surface area contributed by atoms with Crippen LogP contribution in [0.3, 0.4) is 0 Å². The standard InChI is InChI=1S/C14H12ClFO/c1-10-5-2-3-8-13(10)17-9-11-6-4-7-12(16)14(11)15/h2-8H,9H2,1H3. The lowest BCUT2D eigenvalue weighted by Gasteiger charge is -2.10. The molecule has 2 aromatic rings. The van der Waals surface area contributed by atoms with Gasteiger partial charge in [0, 0.05) is 5.56 Å². The zero-order valence-electron chi connectivity index (χ0n) is 9.41. The molecule has 0 bridgehead atoms. The Morgan fingerprint density at radius 3 is 2.65 bits per heavy atom. The van der Waals surface area contributed by atoms with Crippen molar-refractivity contribution in [3.8, 4) is 5.75 Å². The molecular formula is C14H12ClFO. The molecule has 1 nitrogen and oxygen atoms in total. The second-order valence-corrected chi connectivity index (χ2v) is 4.15. The Morgan fingerprint density at radius 1 is 1.12 bits per heavy atom. The van der Waals surface area contributed by atoms with Crippen LogP contribution in [-0.4, -0.2) is 0 Å². The Labute approximate surface area is 105 Å². The lowest BCUT2D eigenvalue weighted by atomic mass is 10.2. The fraction of sp³-hybridized carbons (Fsp3) is 0.143. The minimum atomic E-state index is -0.419. The van der Waals surface area contributed by atoms with Crippen molar-refractivity contribution >= 4 is 11.6 Å². The second kappa shape index (κ2) is 5.19. The summed E-state index contributed by atoms with van der Waals surface area (Å²) >= 11 is 5.84. The van der Waals surface area contributed by atoms with Crippen LogP contribution >= 0.6 is 11.6 Å². The van der Waals surface area contributed by atoms with E-state index >= 15 is 0 Å². The number of halogens is 2. The van der Waals surface area contributed by atoms with Gasteiger partial charge in [-0.1, -0.05) is 41.9 Å². The van der Waals surface area contributed by atoms with Crippen LogP contribution in [0.5, 0.6) is 5.75 Å². The third-order valence-corrected chi connectivity index (χ3v) is 2.93. The number of benzene rings is 2. The van der Waals surface area contributed by atoms with Crippen LogP contribution in [0.2, 0.25) is 5.02 Å². The molecule has 0 aliphatic rings. The first-order chi connectivity index (χ1) is 8.18. The predicted octanol–water partition coefficient (Wildman–Crippen LogP) is 4.37. The van der Waals surface area contributed by atoms with Crippen LogP contribution in [0, 0.1) is 12.7 Å². The maximum Gasteiger partial charge on any atom is 0.142 e. The van der Waals surface area contributed by atoms with Crippen molar-refractivity contribution in [2.75, 3.05) is 0 Å². The average Bonchev–Trinajstić information content (AvgIpc) is 2.33. The molecule has 2 aromatic carbocycles. The molecule has 3 heteroatoms. The molecular weight excluding hydrogens is 239 g/mol. The molecule has 0 aliphatic carbocycles. The van der Waals surface area contributed by atoms with Crippen molar-refractivity contribution in [3.63, 3.8) is 0 Å². The summed E-state index contributed by atoms with van der Waals surface area (Å²) in [4.78, 5) is 0. The summed E-state index contributed by atoms with van der Waals surface area (Å²) in [5, 5.41) is 0.126. The van der Waals surface area contributed by atoms with Gasteiger partial charge in [-0.3, -0.25) is 0 Å². The fourth-order valence-corrected chi connectivity index (χ4v) is 1.71. The summed E-state index contributed by atoms with van der Waals surface area (Å²) in [6, 6.07) is 12.4. The maximum atomic E-state index is 13.2. The monoisotopic (exact) mass is 250 g/mol. The largest absolute Gasteiger partial charge is 0.489 e. The quantitative estimate of drug-likeness (QED) is 0.786. The summed E-state index contributed by atoms with van der Waals surface area (Å²) < 4.78 is 18.8. The van der Waals surface area contributed by atoms with Crippen molar-refractivity contribution in [1.29, 1.82) is 0 Å². The van der Waals surface area contributed by atoms with E-state index in [4.69, 9.17) is 16.3 Å². The van der Waals surface area contributed by atoms with E-state index in [9.17, 15) is 4.39 Å². The second-order valence-electron chi connectivity index (χ2n) is 3.77. The lowest BCUT2D eigenvalue weighted by molar-refractivity contribution is 0.303. The molecule has 0 radical (unpaired) electrons. The molecule has 2 rings (SSSR count).